The van der Waals surface area contributed by atoms with Gasteiger partial charge < -0.3 is 10.6 Å². The van der Waals surface area contributed by atoms with Gasteiger partial charge in [-0.1, -0.05) is 13.0 Å². The van der Waals surface area contributed by atoms with E-state index in [1.807, 2.05) is 39.1 Å². The fraction of sp³-hybridized carbons (Fsp3) is 0.438. The number of hydrogen-bond acceptors (Lipinski definition) is 4. The Labute approximate surface area is 130 Å². The summed E-state index contributed by atoms with van der Waals surface area (Å²) in [4.78, 5) is 16.3. The van der Waals surface area contributed by atoms with Crippen molar-refractivity contribution in [1.29, 1.82) is 0 Å². The summed E-state index contributed by atoms with van der Waals surface area (Å²) in [7, 11) is 0. The van der Waals surface area contributed by atoms with Crippen LogP contribution in [0.2, 0.25) is 0 Å². The number of carbonyl (C=O) groups excluding carboxylic acids is 1. The quantitative estimate of drug-likeness (QED) is 0.685. The third-order valence-corrected chi connectivity index (χ3v) is 3.54. The molecule has 0 spiro atoms. The van der Waals surface area contributed by atoms with Crippen LogP contribution in [0, 0.1) is 13.8 Å². The summed E-state index contributed by atoms with van der Waals surface area (Å²) in [6, 6.07) is 3.97. The number of pyridine rings is 1. The number of H-pyrrole nitrogens is 1. The van der Waals surface area contributed by atoms with Crippen LogP contribution in [0.3, 0.4) is 0 Å². The van der Waals surface area contributed by atoms with Crippen molar-refractivity contribution in [2.75, 3.05) is 18.4 Å². The molecule has 3 N–H and O–H groups in total. The lowest BCUT2D eigenvalue weighted by molar-refractivity contribution is 0.0948. The summed E-state index contributed by atoms with van der Waals surface area (Å²) in [6.45, 7) is 7.32. The molecule has 0 unspecified atom stereocenters. The zero-order chi connectivity index (χ0) is 15.9. The zero-order valence-electron chi connectivity index (χ0n) is 13.4. The maximum atomic E-state index is 12.0. The maximum Gasteiger partial charge on any atom is 0.272 e. The van der Waals surface area contributed by atoms with Crippen LogP contribution < -0.4 is 10.6 Å². The van der Waals surface area contributed by atoms with Crippen LogP contribution in [0.5, 0.6) is 0 Å². The molecular weight excluding hydrogens is 278 g/mol. The van der Waals surface area contributed by atoms with Gasteiger partial charge in [-0.2, -0.15) is 5.10 Å². The molecule has 0 aliphatic rings. The molecule has 2 aromatic heterocycles. The maximum absolute atomic E-state index is 12.0. The van der Waals surface area contributed by atoms with Crippen LogP contribution in [0.25, 0.3) is 0 Å². The van der Waals surface area contributed by atoms with Gasteiger partial charge >= 0.3 is 0 Å². The predicted octanol–water partition coefficient (Wildman–Crippen LogP) is 2.22. The monoisotopic (exact) mass is 301 g/mol. The van der Waals surface area contributed by atoms with Gasteiger partial charge in [-0.25, -0.2) is 4.98 Å². The van der Waals surface area contributed by atoms with Gasteiger partial charge in [0.2, 0.25) is 0 Å². The van der Waals surface area contributed by atoms with Crippen molar-refractivity contribution in [3.63, 3.8) is 0 Å². The van der Waals surface area contributed by atoms with E-state index in [2.05, 4.69) is 25.8 Å². The molecule has 0 fully saturated rings. The van der Waals surface area contributed by atoms with Crippen LogP contribution in [-0.4, -0.2) is 34.2 Å². The fourth-order valence-electron chi connectivity index (χ4n) is 2.16. The average Bonchev–Trinajstić information content (AvgIpc) is 2.89. The van der Waals surface area contributed by atoms with Gasteiger partial charge in [-0.3, -0.25) is 9.89 Å². The Morgan fingerprint density at radius 1 is 1.27 bits per heavy atom. The van der Waals surface area contributed by atoms with Gasteiger partial charge in [0.05, 0.1) is 0 Å². The Bertz CT molecular complexity index is 618. The number of anilines is 1. The highest BCUT2D eigenvalue weighted by atomic mass is 16.1. The number of nitrogens with zero attached hydrogens (tertiary/aromatic N) is 2. The minimum atomic E-state index is -0.123. The Hall–Kier alpha value is -2.37. The van der Waals surface area contributed by atoms with Crippen LogP contribution in [-0.2, 0) is 6.42 Å². The second kappa shape index (κ2) is 7.59. The van der Waals surface area contributed by atoms with Gasteiger partial charge in [0.1, 0.15) is 5.82 Å². The topological polar surface area (TPSA) is 82.7 Å². The number of amides is 1. The van der Waals surface area contributed by atoms with Crippen molar-refractivity contribution in [2.24, 2.45) is 0 Å². The fourth-order valence-corrected chi connectivity index (χ4v) is 2.16. The minimum absolute atomic E-state index is 0.123. The van der Waals surface area contributed by atoms with Crippen molar-refractivity contribution in [2.45, 2.75) is 33.6 Å². The number of aryl methyl sites for hydroxylation is 2. The highest BCUT2D eigenvalue weighted by Gasteiger charge is 2.14. The van der Waals surface area contributed by atoms with Crippen molar-refractivity contribution < 1.29 is 4.79 Å². The van der Waals surface area contributed by atoms with Gasteiger partial charge in [0, 0.05) is 30.5 Å². The lowest BCUT2D eigenvalue weighted by Crippen LogP contribution is -2.26. The van der Waals surface area contributed by atoms with E-state index < -0.39 is 0 Å². The zero-order valence-corrected chi connectivity index (χ0v) is 13.4. The second-order valence-corrected chi connectivity index (χ2v) is 5.29. The normalized spacial score (nSPS) is 10.5. The van der Waals surface area contributed by atoms with Gasteiger partial charge in [-0.05, 0) is 38.3 Å². The minimum Gasteiger partial charge on any atom is -0.370 e. The first-order valence-corrected chi connectivity index (χ1v) is 7.60. The number of aromatic amines is 1. The summed E-state index contributed by atoms with van der Waals surface area (Å²) >= 11 is 0. The van der Waals surface area contributed by atoms with E-state index in [-0.39, 0.29) is 5.91 Å². The highest BCUT2D eigenvalue weighted by Crippen LogP contribution is 2.10. The summed E-state index contributed by atoms with van der Waals surface area (Å²) in [5.74, 6) is 0.731. The smallest absolute Gasteiger partial charge is 0.272 e. The molecule has 0 saturated carbocycles. The van der Waals surface area contributed by atoms with E-state index in [0.29, 0.717) is 12.2 Å². The number of aromatic nitrogens is 3. The molecule has 0 bridgehead atoms. The third kappa shape index (κ3) is 4.07. The molecule has 0 atom stereocenters. The molecule has 22 heavy (non-hydrogen) atoms. The number of nitrogens with one attached hydrogen (secondary N) is 3. The van der Waals surface area contributed by atoms with Crippen molar-refractivity contribution in [3.05, 3.63) is 40.8 Å². The standard InChI is InChI=1S/C16H23N5O/c1-4-13-12(3)15(21-20-13)16(22)18-9-5-8-17-14-7-6-11(2)10-19-14/h6-7,10H,4-5,8-9H2,1-3H3,(H,17,19)(H,18,22)(H,20,21). The first-order chi connectivity index (χ1) is 10.6. The van der Waals surface area contributed by atoms with Crippen molar-refractivity contribution >= 4 is 11.7 Å². The lowest BCUT2D eigenvalue weighted by Gasteiger charge is -2.07. The molecule has 1 amide bonds. The molecule has 6 nitrogen and oxygen atoms in total. The van der Waals surface area contributed by atoms with Gasteiger partial charge in [-0.15, -0.1) is 0 Å². The Morgan fingerprint density at radius 3 is 2.73 bits per heavy atom. The number of hydrogen-bond donors (Lipinski definition) is 3. The largest absolute Gasteiger partial charge is 0.370 e. The Balaban J connectivity index is 1.71. The number of carbonyl (C=O) groups is 1. The molecule has 0 saturated heterocycles. The summed E-state index contributed by atoms with van der Waals surface area (Å²) in [5.41, 5.74) is 3.57. The lowest BCUT2D eigenvalue weighted by atomic mass is 10.1. The van der Waals surface area contributed by atoms with Crippen molar-refractivity contribution in [1.82, 2.24) is 20.5 Å². The molecule has 2 aromatic rings. The molecule has 2 rings (SSSR count). The molecule has 0 radical (unpaired) electrons. The van der Waals surface area contributed by atoms with Crippen LogP contribution in [0.15, 0.2) is 18.3 Å². The Morgan fingerprint density at radius 2 is 2.09 bits per heavy atom. The molecular formula is C16H23N5O. The van der Waals surface area contributed by atoms with E-state index in [1.54, 1.807) is 0 Å². The van der Waals surface area contributed by atoms with E-state index >= 15 is 0 Å². The first kappa shape index (κ1) is 16.0. The van der Waals surface area contributed by atoms with Gasteiger partial charge in [0.25, 0.3) is 5.91 Å². The molecule has 6 heteroatoms. The van der Waals surface area contributed by atoms with Gasteiger partial charge in [0.15, 0.2) is 5.69 Å². The SMILES string of the molecule is CCc1[nH]nc(C(=O)NCCCNc2ccc(C)cn2)c1C. The summed E-state index contributed by atoms with van der Waals surface area (Å²) in [5, 5.41) is 13.1. The first-order valence-electron chi connectivity index (χ1n) is 7.60. The molecule has 0 aliphatic carbocycles. The average molecular weight is 301 g/mol. The van der Waals surface area contributed by atoms with E-state index in [9.17, 15) is 4.79 Å². The van der Waals surface area contributed by atoms with E-state index in [1.165, 1.54) is 0 Å². The predicted molar refractivity (Wildman–Crippen MR) is 87.1 cm³/mol. The van der Waals surface area contributed by atoms with Crippen LogP contribution in [0.4, 0.5) is 5.82 Å². The number of rotatable bonds is 7. The third-order valence-electron chi connectivity index (χ3n) is 3.54. The summed E-state index contributed by atoms with van der Waals surface area (Å²) in [6.07, 6.45) is 3.50. The molecule has 0 aliphatic heterocycles. The molecule has 118 valence electrons. The van der Waals surface area contributed by atoms with Crippen LogP contribution >= 0.6 is 0 Å². The molecule has 0 aromatic carbocycles. The van der Waals surface area contributed by atoms with Crippen LogP contribution in [0.1, 0.15) is 40.7 Å². The Kier molecular flexibility index (Phi) is 5.52. The highest BCUT2D eigenvalue weighted by molar-refractivity contribution is 5.93. The van der Waals surface area contributed by atoms with E-state index in [4.69, 9.17) is 0 Å². The second-order valence-electron chi connectivity index (χ2n) is 5.29. The van der Waals surface area contributed by atoms with Crippen molar-refractivity contribution in [3.8, 4) is 0 Å². The van der Waals surface area contributed by atoms with E-state index in [0.717, 1.165) is 42.0 Å². The molecule has 2 heterocycles. The summed E-state index contributed by atoms with van der Waals surface area (Å²) < 4.78 is 0.